The number of morpholine rings is 1. The maximum Gasteiger partial charge on any atom is 0.0945 e. The van der Waals surface area contributed by atoms with Crippen LogP contribution < -0.4 is 5.32 Å². The van der Waals surface area contributed by atoms with Gasteiger partial charge in [0.25, 0.3) is 0 Å². The van der Waals surface area contributed by atoms with Gasteiger partial charge in [0.2, 0.25) is 0 Å². The van der Waals surface area contributed by atoms with Gasteiger partial charge in [-0.15, -0.1) is 0 Å². The largest absolute Gasteiger partial charge is 0.379 e. The third-order valence-corrected chi connectivity index (χ3v) is 3.74. The summed E-state index contributed by atoms with van der Waals surface area (Å²) in [7, 11) is 1.77. The highest BCUT2D eigenvalue weighted by Crippen LogP contribution is 2.15. The second-order valence-corrected chi connectivity index (χ2v) is 5.36. The van der Waals surface area contributed by atoms with Crippen LogP contribution in [0.4, 0.5) is 0 Å². The quantitative estimate of drug-likeness (QED) is 0.823. The predicted molar refractivity (Wildman–Crippen MR) is 80.9 cm³/mol. The third kappa shape index (κ3) is 4.87. The van der Waals surface area contributed by atoms with E-state index < -0.39 is 0 Å². The molecule has 2 rings (SSSR count). The number of benzene rings is 1. The van der Waals surface area contributed by atoms with E-state index >= 15 is 0 Å². The molecule has 2 atom stereocenters. The zero-order valence-corrected chi connectivity index (χ0v) is 12.5. The molecule has 0 bridgehead atoms. The number of nitrogens with one attached hydrogen (secondary N) is 1. The van der Waals surface area contributed by atoms with Crippen molar-refractivity contribution in [2.45, 2.75) is 19.1 Å². The number of ether oxygens (including phenoxy) is 2. The molecule has 1 aromatic rings. The molecular weight excluding hydrogens is 252 g/mol. The number of rotatable bonds is 7. The van der Waals surface area contributed by atoms with Crippen molar-refractivity contribution in [3.05, 3.63) is 35.9 Å². The summed E-state index contributed by atoms with van der Waals surface area (Å²) >= 11 is 0. The minimum atomic E-state index is 0.114. The summed E-state index contributed by atoms with van der Waals surface area (Å²) in [6.07, 6.45) is 0.114. The maximum absolute atomic E-state index is 5.58. The van der Waals surface area contributed by atoms with E-state index in [0.717, 1.165) is 39.4 Å². The summed E-state index contributed by atoms with van der Waals surface area (Å²) in [5, 5.41) is 3.57. The van der Waals surface area contributed by atoms with Crippen molar-refractivity contribution >= 4 is 0 Å². The minimum absolute atomic E-state index is 0.114. The highest BCUT2D eigenvalue weighted by molar-refractivity contribution is 5.17. The van der Waals surface area contributed by atoms with Crippen LogP contribution in [-0.4, -0.2) is 57.4 Å². The second kappa shape index (κ2) is 8.37. The Morgan fingerprint density at radius 2 is 1.95 bits per heavy atom. The summed E-state index contributed by atoms with van der Waals surface area (Å²) in [6, 6.07) is 10.8. The molecule has 0 aliphatic carbocycles. The topological polar surface area (TPSA) is 33.7 Å². The number of methoxy groups -OCH3 is 1. The Balaban J connectivity index is 1.75. The van der Waals surface area contributed by atoms with Crippen LogP contribution in [0.1, 0.15) is 18.6 Å². The normalized spacial score (nSPS) is 19.7. The first kappa shape index (κ1) is 15.4. The molecule has 1 N–H and O–H groups in total. The molecular formula is C16H26N2O2. The van der Waals surface area contributed by atoms with E-state index in [1.54, 1.807) is 7.11 Å². The fourth-order valence-electron chi connectivity index (χ4n) is 2.55. The molecule has 20 heavy (non-hydrogen) atoms. The first-order chi connectivity index (χ1) is 9.79. The van der Waals surface area contributed by atoms with Gasteiger partial charge in [-0.1, -0.05) is 30.3 Å². The zero-order chi connectivity index (χ0) is 14.2. The molecule has 0 amide bonds. The number of hydrogen-bond acceptors (Lipinski definition) is 4. The van der Waals surface area contributed by atoms with Gasteiger partial charge in [0.1, 0.15) is 0 Å². The monoisotopic (exact) mass is 278 g/mol. The summed E-state index contributed by atoms with van der Waals surface area (Å²) in [5.41, 5.74) is 1.22. The molecule has 1 aliphatic heterocycles. The summed E-state index contributed by atoms with van der Waals surface area (Å²) in [5.74, 6) is 0. The molecule has 1 aliphatic rings. The molecule has 0 radical (unpaired) electrons. The molecule has 0 spiro atoms. The third-order valence-electron chi connectivity index (χ3n) is 3.74. The predicted octanol–water partition coefficient (Wildman–Crippen LogP) is 1.68. The van der Waals surface area contributed by atoms with Crippen molar-refractivity contribution in [3.63, 3.8) is 0 Å². The fourth-order valence-corrected chi connectivity index (χ4v) is 2.55. The summed E-state index contributed by atoms with van der Waals surface area (Å²) in [6.45, 7) is 7.93. The van der Waals surface area contributed by atoms with Gasteiger partial charge in [0.05, 0.1) is 19.3 Å². The lowest BCUT2D eigenvalue weighted by atomic mass is 10.1. The maximum atomic E-state index is 5.58. The van der Waals surface area contributed by atoms with Crippen molar-refractivity contribution < 1.29 is 9.47 Å². The molecule has 2 unspecified atom stereocenters. The van der Waals surface area contributed by atoms with Crippen LogP contribution in [0.5, 0.6) is 0 Å². The first-order valence-electron chi connectivity index (χ1n) is 7.41. The van der Waals surface area contributed by atoms with E-state index in [0.29, 0.717) is 6.04 Å². The lowest BCUT2D eigenvalue weighted by Crippen LogP contribution is -2.45. The van der Waals surface area contributed by atoms with Gasteiger partial charge in [-0.3, -0.25) is 4.90 Å². The fraction of sp³-hybridized carbons (Fsp3) is 0.625. The molecule has 1 saturated heterocycles. The van der Waals surface area contributed by atoms with Crippen LogP contribution in [0.15, 0.2) is 30.3 Å². The van der Waals surface area contributed by atoms with Crippen LogP contribution in [0.2, 0.25) is 0 Å². The molecule has 1 heterocycles. The molecule has 112 valence electrons. The van der Waals surface area contributed by atoms with E-state index in [9.17, 15) is 0 Å². The Kier molecular flexibility index (Phi) is 6.47. The Morgan fingerprint density at radius 3 is 2.60 bits per heavy atom. The van der Waals surface area contributed by atoms with E-state index in [2.05, 4.69) is 41.4 Å². The van der Waals surface area contributed by atoms with Crippen LogP contribution in [-0.2, 0) is 9.47 Å². The Bertz CT molecular complexity index is 366. The van der Waals surface area contributed by atoms with Gasteiger partial charge in [0.15, 0.2) is 0 Å². The van der Waals surface area contributed by atoms with Gasteiger partial charge < -0.3 is 14.8 Å². The van der Waals surface area contributed by atoms with E-state index in [-0.39, 0.29) is 6.10 Å². The Hall–Kier alpha value is -0.940. The van der Waals surface area contributed by atoms with E-state index in [4.69, 9.17) is 9.47 Å². The van der Waals surface area contributed by atoms with Crippen LogP contribution in [0.25, 0.3) is 0 Å². The lowest BCUT2D eigenvalue weighted by molar-refractivity contribution is 0.0329. The number of nitrogens with zero attached hydrogens (tertiary/aromatic N) is 1. The molecule has 0 saturated carbocycles. The van der Waals surface area contributed by atoms with E-state index in [1.165, 1.54) is 5.56 Å². The van der Waals surface area contributed by atoms with Crippen LogP contribution in [0.3, 0.4) is 0 Å². The van der Waals surface area contributed by atoms with Crippen molar-refractivity contribution in [2.24, 2.45) is 0 Å². The highest BCUT2D eigenvalue weighted by Gasteiger charge is 2.15. The van der Waals surface area contributed by atoms with Crippen LogP contribution >= 0.6 is 0 Å². The van der Waals surface area contributed by atoms with Crippen LogP contribution in [0, 0.1) is 0 Å². The van der Waals surface area contributed by atoms with Crippen molar-refractivity contribution in [3.8, 4) is 0 Å². The standard InChI is InChI=1S/C16H26N2O2/c1-14(13-18-8-10-20-11-9-18)17-12-16(19-2)15-6-4-3-5-7-15/h3-7,14,16-17H,8-13H2,1-2H3. The van der Waals surface area contributed by atoms with Crippen molar-refractivity contribution in [2.75, 3.05) is 46.5 Å². The summed E-state index contributed by atoms with van der Waals surface area (Å²) in [4.78, 5) is 2.45. The van der Waals surface area contributed by atoms with Gasteiger partial charge in [0, 0.05) is 39.3 Å². The molecule has 4 heteroatoms. The van der Waals surface area contributed by atoms with E-state index in [1.807, 2.05) is 6.07 Å². The SMILES string of the molecule is COC(CNC(C)CN1CCOCC1)c1ccccc1. The smallest absolute Gasteiger partial charge is 0.0945 e. The van der Waals surface area contributed by atoms with Crippen molar-refractivity contribution in [1.82, 2.24) is 10.2 Å². The summed E-state index contributed by atoms with van der Waals surface area (Å²) < 4.78 is 11.0. The number of hydrogen-bond donors (Lipinski definition) is 1. The zero-order valence-electron chi connectivity index (χ0n) is 12.5. The minimum Gasteiger partial charge on any atom is -0.379 e. The molecule has 1 aromatic carbocycles. The van der Waals surface area contributed by atoms with Gasteiger partial charge in [-0.05, 0) is 12.5 Å². The Labute approximate surface area is 122 Å². The van der Waals surface area contributed by atoms with Gasteiger partial charge in [-0.2, -0.15) is 0 Å². The second-order valence-electron chi connectivity index (χ2n) is 5.36. The molecule has 4 nitrogen and oxygen atoms in total. The highest BCUT2D eigenvalue weighted by atomic mass is 16.5. The average molecular weight is 278 g/mol. The Morgan fingerprint density at radius 1 is 1.25 bits per heavy atom. The van der Waals surface area contributed by atoms with Gasteiger partial charge in [-0.25, -0.2) is 0 Å². The van der Waals surface area contributed by atoms with Crippen molar-refractivity contribution in [1.29, 1.82) is 0 Å². The lowest BCUT2D eigenvalue weighted by Gasteiger charge is -2.30. The average Bonchev–Trinajstić information content (AvgIpc) is 2.50. The van der Waals surface area contributed by atoms with Gasteiger partial charge >= 0.3 is 0 Å². The molecule has 1 fully saturated rings. The first-order valence-corrected chi connectivity index (χ1v) is 7.41. The molecule has 0 aromatic heterocycles.